The largest absolute Gasteiger partial charge is 0.497 e. The van der Waals surface area contributed by atoms with Gasteiger partial charge in [-0.3, -0.25) is 19.1 Å². The molecule has 0 fully saturated rings. The van der Waals surface area contributed by atoms with Crippen molar-refractivity contribution >= 4 is 23.6 Å². The number of hydrogen-bond donors (Lipinski definition) is 0. The molecule has 0 spiro atoms. The third kappa shape index (κ3) is 4.03. The lowest BCUT2D eigenvalue weighted by Crippen LogP contribution is -2.31. The van der Waals surface area contributed by atoms with Crippen molar-refractivity contribution in [3.63, 3.8) is 0 Å². The number of fused-ring (bicyclic) bond motifs is 1. The Morgan fingerprint density at radius 3 is 2.45 bits per heavy atom. The van der Waals surface area contributed by atoms with Crippen molar-refractivity contribution in [1.82, 2.24) is 19.7 Å². The zero-order valence-corrected chi connectivity index (χ0v) is 18.6. The van der Waals surface area contributed by atoms with Crippen LogP contribution in [0.2, 0.25) is 0 Å². The maximum Gasteiger partial charge on any atom is 0.261 e. The smallest absolute Gasteiger partial charge is 0.261 e. The monoisotopic (exact) mass is 460 g/mol. The Hall–Kier alpha value is -3.85. The summed E-state index contributed by atoms with van der Waals surface area (Å²) in [6.45, 7) is 0.723. The molecule has 0 saturated heterocycles. The number of hydrogen-bond acceptors (Lipinski definition) is 7. The lowest BCUT2D eigenvalue weighted by Gasteiger charge is -2.14. The van der Waals surface area contributed by atoms with Crippen molar-refractivity contribution in [2.45, 2.75) is 11.7 Å². The fourth-order valence-electron chi connectivity index (χ4n) is 3.74. The van der Waals surface area contributed by atoms with Crippen LogP contribution >= 0.6 is 11.8 Å². The van der Waals surface area contributed by atoms with E-state index in [0.717, 1.165) is 17.1 Å². The summed E-state index contributed by atoms with van der Waals surface area (Å²) >= 11 is 1.43. The summed E-state index contributed by atoms with van der Waals surface area (Å²) in [4.78, 5) is 26.5. The van der Waals surface area contributed by atoms with Crippen LogP contribution in [0.15, 0.2) is 76.5 Å². The molecule has 8 nitrogen and oxygen atoms in total. The standard InChI is InChI=1S/C24H20N4O4S/c1-31-17-7-4-6-16(14-17)21-25-26-24(28(21)15-18-8-5-12-32-18)33-13-11-27-22(29)19-9-2-3-10-20(19)23(27)30/h2-10,12,14H,11,13,15H2,1H3. The number of carbonyl (C=O) groups is 2. The Morgan fingerprint density at radius 2 is 1.76 bits per heavy atom. The third-order valence-corrected chi connectivity index (χ3v) is 6.31. The van der Waals surface area contributed by atoms with Crippen LogP contribution in [0.4, 0.5) is 0 Å². The number of benzene rings is 2. The number of thioether (sulfide) groups is 1. The highest BCUT2D eigenvalue weighted by Gasteiger charge is 2.34. The van der Waals surface area contributed by atoms with Gasteiger partial charge in [0.15, 0.2) is 11.0 Å². The minimum atomic E-state index is -0.259. The number of amides is 2. The molecule has 2 aromatic carbocycles. The maximum atomic E-state index is 12.6. The molecule has 2 aromatic heterocycles. The molecule has 3 heterocycles. The number of carbonyl (C=O) groups excluding carboxylic acids is 2. The average Bonchev–Trinajstić information content (AvgIpc) is 3.56. The second kappa shape index (κ2) is 8.95. The highest BCUT2D eigenvalue weighted by atomic mass is 32.2. The van der Waals surface area contributed by atoms with E-state index in [-0.39, 0.29) is 18.4 Å². The first-order valence-electron chi connectivity index (χ1n) is 10.3. The molecule has 166 valence electrons. The Balaban J connectivity index is 1.36. The molecular weight excluding hydrogens is 440 g/mol. The summed E-state index contributed by atoms with van der Waals surface area (Å²) in [5.41, 5.74) is 1.77. The van der Waals surface area contributed by atoms with Gasteiger partial charge >= 0.3 is 0 Å². The van der Waals surface area contributed by atoms with E-state index in [1.165, 1.54) is 16.7 Å². The zero-order valence-electron chi connectivity index (χ0n) is 17.8. The molecule has 2 amide bonds. The molecule has 0 bridgehead atoms. The van der Waals surface area contributed by atoms with E-state index in [9.17, 15) is 9.59 Å². The predicted octanol–water partition coefficient (Wildman–Crippen LogP) is 3.98. The molecule has 0 unspecified atom stereocenters. The van der Waals surface area contributed by atoms with Crippen molar-refractivity contribution in [1.29, 1.82) is 0 Å². The second-order valence-corrected chi connectivity index (χ2v) is 8.42. The number of aromatic nitrogens is 3. The normalized spacial score (nSPS) is 12.9. The fourth-order valence-corrected chi connectivity index (χ4v) is 4.60. The van der Waals surface area contributed by atoms with Crippen molar-refractivity contribution in [2.24, 2.45) is 0 Å². The first-order chi connectivity index (χ1) is 16.2. The number of furan rings is 1. The van der Waals surface area contributed by atoms with Crippen LogP contribution in [0.25, 0.3) is 11.4 Å². The van der Waals surface area contributed by atoms with Gasteiger partial charge in [0.25, 0.3) is 11.8 Å². The second-order valence-electron chi connectivity index (χ2n) is 7.36. The molecule has 0 saturated carbocycles. The van der Waals surface area contributed by atoms with Crippen LogP contribution in [-0.4, -0.2) is 50.9 Å². The molecule has 0 radical (unpaired) electrons. The zero-order chi connectivity index (χ0) is 22.8. The molecule has 9 heteroatoms. The van der Waals surface area contributed by atoms with E-state index in [1.54, 1.807) is 37.6 Å². The summed E-state index contributed by atoms with van der Waals surface area (Å²) in [6.07, 6.45) is 1.62. The van der Waals surface area contributed by atoms with E-state index < -0.39 is 0 Å². The minimum absolute atomic E-state index is 0.259. The Kier molecular flexibility index (Phi) is 5.70. The lowest BCUT2D eigenvalue weighted by molar-refractivity contribution is 0.0664. The highest BCUT2D eigenvalue weighted by Crippen LogP contribution is 2.28. The molecule has 1 aliphatic rings. The van der Waals surface area contributed by atoms with Crippen LogP contribution in [0, 0.1) is 0 Å². The van der Waals surface area contributed by atoms with Gasteiger partial charge in [-0.1, -0.05) is 36.0 Å². The van der Waals surface area contributed by atoms with Crippen LogP contribution < -0.4 is 4.74 Å². The van der Waals surface area contributed by atoms with Crippen molar-refractivity contribution in [3.05, 3.63) is 83.8 Å². The molecule has 5 rings (SSSR count). The summed E-state index contributed by atoms with van der Waals surface area (Å²) in [7, 11) is 1.62. The van der Waals surface area contributed by atoms with Crippen LogP contribution in [0.3, 0.4) is 0 Å². The van der Waals surface area contributed by atoms with E-state index in [2.05, 4.69) is 10.2 Å². The van der Waals surface area contributed by atoms with Crippen LogP contribution in [-0.2, 0) is 6.54 Å². The van der Waals surface area contributed by atoms with Gasteiger partial charge in [0.1, 0.15) is 11.5 Å². The molecule has 33 heavy (non-hydrogen) atoms. The van der Waals surface area contributed by atoms with Crippen molar-refractivity contribution in [2.75, 3.05) is 19.4 Å². The van der Waals surface area contributed by atoms with Crippen molar-refractivity contribution < 1.29 is 18.7 Å². The Labute approximate surface area is 194 Å². The molecular formula is C24H20N4O4S. The van der Waals surface area contributed by atoms with Gasteiger partial charge < -0.3 is 9.15 Å². The van der Waals surface area contributed by atoms with Gasteiger partial charge in [-0.15, -0.1) is 10.2 Å². The van der Waals surface area contributed by atoms with E-state index in [4.69, 9.17) is 9.15 Å². The Morgan fingerprint density at radius 1 is 0.970 bits per heavy atom. The van der Waals surface area contributed by atoms with E-state index in [1.807, 2.05) is 41.0 Å². The predicted molar refractivity (Wildman–Crippen MR) is 122 cm³/mol. The number of rotatable bonds is 8. The SMILES string of the molecule is COc1cccc(-c2nnc(SCCN3C(=O)c4ccccc4C3=O)n2Cc2ccco2)c1. The van der Waals surface area contributed by atoms with Gasteiger partial charge in [0, 0.05) is 17.9 Å². The first kappa shape index (κ1) is 21.0. The number of ether oxygens (including phenoxy) is 1. The van der Waals surface area contributed by atoms with E-state index in [0.29, 0.717) is 34.4 Å². The van der Waals surface area contributed by atoms with Crippen LogP contribution in [0.5, 0.6) is 5.75 Å². The summed E-state index contributed by atoms with van der Waals surface area (Å²) in [5.74, 6) is 2.13. The molecule has 0 aliphatic carbocycles. The topological polar surface area (TPSA) is 90.5 Å². The maximum absolute atomic E-state index is 12.6. The Bertz CT molecular complexity index is 1280. The van der Waals surface area contributed by atoms with Gasteiger partial charge in [0.2, 0.25) is 0 Å². The number of nitrogens with zero attached hydrogens (tertiary/aromatic N) is 4. The lowest BCUT2D eigenvalue weighted by atomic mass is 10.1. The van der Waals surface area contributed by atoms with Gasteiger partial charge in [0.05, 0.1) is 31.0 Å². The van der Waals surface area contributed by atoms with Gasteiger partial charge in [-0.05, 0) is 36.4 Å². The molecule has 0 atom stereocenters. The number of imide groups is 1. The summed E-state index contributed by atoms with van der Waals surface area (Å²) < 4.78 is 12.8. The quantitative estimate of drug-likeness (QED) is 0.290. The van der Waals surface area contributed by atoms with E-state index >= 15 is 0 Å². The average molecular weight is 461 g/mol. The first-order valence-corrected chi connectivity index (χ1v) is 11.3. The van der Waals surface area contributed by atoms with Crippen LogP contribution in [0.1, 0.15) is 26.5 Å². The van der Waals surface area contributed by atoms with Crippen molar-refractivity contribution in [3.8, 4) is 17.1 Å². The molecule has 4 aromatic rings. The minimum Gasteiger partial charge on any atom is -0.497 e. The summed E-state index contributed by atoms with van der Waals surface area (Å²) in [5, 5.41) is 9.45. The summed E-state index contributed by atoms with van der Waals surface area (Å²) in [6, 6.07) is 18.2. The van der Waals surface area contributed by atoms with Gasteiger partial charge in [-0.2, -0.15) is 0 Å². The molecule has 0 N–H and O–H groups in total. The fraction of sp³-hybridized carbons (Fsp3) is 0.167. The molecule has 1 aliphatic heterocycles. The highest BCUT2D eigenvalue weighted by molar-refractivity contribution is 7.99. The van der Waals surface area contributed by atoms with Gasteiger partial charge in [-0.25, -0.2) is 0 Å². The number of methoxy groups -OCH3 is 1. The third-order valence-electron chi connectivity index (χ3n) is 5.36.